The van der Waals surface area contributed by atoms with Gasteiger partial charge in [0, 0.05) is 11.0 Å². The van der Waals surface area contributed by atoms with Gasteiger partial charge >= 0.3 is 0 Å². The molecule has 2 rings (SSSR count). The quantitative estimate of drug-likeness (QED) is 0.865. The Kier molecular flexibility index (Phi) is 5.27. The van der Waals surface area contributed by atoms with E-state index in [1.165, 1.54) is 0 Å². The second-order valence-corrected chi connectivity index (χ2v) is 5.52. The minimum atomic E-state index is -0.282. The van der Waals surface area contributed by atoms with E-state index in [2.05, 4.69) is 43.7 Å². The van der Waals surface area contributed by atoms with Gasteiger partial charge in [0.1, 0.15) is 5.82 Å². The summed E-state index contributed by atoms with van der Waals surface area (Å²) in [6, 6.07) is 9.17. The number of hydrogen-bond donors (Lipinski definition) is 2. The number of amides is 1. The molecule has 1 aromatic heterocycles. The first-order valence-electron chi connectivity index (χ1n) is 6.75. The molecule has 2 N–H and O–H groups in total. The molecule has 1 amide bonds. The number of anilines is 2. The predicted molar refractivity (Wildman–Crippen MR) is 87.6 cm³/mol. The maximum absolute atomic E-state index is 12.1. The van der Waals surface area contributed by atoms with E-state index in [-0.39, 0.29) is 11.6 Å². The van der Waals surface area contributed by atoms with E-state index in [0.29, 0.717) is 5.82 Å². The average molecular weight is 349 g/mol. The Morgan fingerprint density at radius 2 is 2.05 bits per heavy atom. The molecule has 0 unspecified atom stereocenters. The summed E-state index contributed by atoms with van der Waals surface area (Å²) in [7, 11) is 0. The normalized spacial score (nSPS) is 10.2. The lowest BCUT2D eigenvalue weighted by atomic mass is 10.2. The lowest BCUT2D eigenvalue weighted by molar-refractivity contribution is 0.102. The van der Waals surface area contributed by atoms with Gasteiger partial charge in [0.15, 0.2) is 5.69 Å². The van der Waals surface area contributed by atoms with Crippen molar-refractivity contribution < 1.29 is 4.79 Å². The number of carbonyl (C=O) groups is 1. The second kappa shape index (κ2) is 7.17. The number of carbonyl (C=O) groups excluding carboxylic acids is 1. The summed E-state index contributed by atoms with van der Waals surface area (Å²) in [4.78, 5) is 12.1. The number of rotatable bonds is 5. The van der Waals surface area contributed by atoms with Crippen molar-refractivity contribution in [1.82, 2.24) is 10.2 Å². The number of aromatic nitrogens is 2. The summed E-state index contributed by atoms with van der Waals surface area (Å²) in [5, 5.41) is 13.9. The molecular formula is C15H17BrN4O. The van der Waals surface area contributed by atoms with Crippen molar-refractivity contribution in [3.63, 3.8) is 0 Å². The Morgan fingerprint density at radius 3 is 2.71 bits per heavy atom. The van der Waals surface area contributed by atoms with Crippen molar-refractivity contribution in [2.45, 2.75) is 20.3 Å². The maximum atomic E-state index is 12.1. The Bertz CT molecular complexity index is 628. The third-order valence-electron chi connectivity index (χ3n) is 2.82. The molecule has 0 aliphatic heterocycles. The molecule has 6 heteroatoms. The van der Waals surface area contributed by atoms with Gasteiger partial charge in [0.05, 0.1) is 5.69 Å². The van der Waals surface area contributed by atoms with E-state index >= 15 is 0 Å². The van der Waals surface area contributed by atoms with E-state index in [9.17, 15) is 4.79 Å². The second-order valence-electron chi connectivity index (χ2n) is 4.67. The van der Waals surface area contributed by atoms with Crippen LogP contribution in [0.4, 0.5) is 11.5 Å². The van der Waals surface area contributed by atoms with Crippen molar-refractivity contribution in [2.24, 2.45) is 0 Å². The topological polar surface area (TPSA) is 66.9 Å². The van der Waals surface area contributed by atoms with Gasteiger partial charge < -0.3 is 10.6 Å². The molecule has 2 aromatic rings. The Hall–Kier alpha value is -1.95. The van der Waals surface area contributed by atoms with E-state index in [4.69, 9.17) is 0 Å². The first-order chi connectivity index (χ1) is 10.1. The van der Waals surface area contributed by atoms with Crippen LogP contribution in [0.25, 0.3) is 0 Å². The zero-order valence-corrected chi connectivity index (χ0v) is 13.6. The van der Waals surface area contributed by atoms with Gasteiger partial charge in [-0.1, -0.05) is 13.0 Å². The van der Waals surface area contributed by atoms with Crippen LogP contribution in [0, 0.1) is 6.92 Å². The van der Waals surface area contributed by atoms with Crippen LogP contribution in [0.15, 0.2) is 34.8 Å². The van der Waals surface area contributed by atoms with E-state index < -0.39 is 0 Å². The zero-order chi connectivity index (χ0) is 15.2. The van der Waals surface area contributed by atoms with Crippen molar-refractivity contribution in [3.8, 4) is 0 Å². The summed E-state index contributed by atoms with van der Waals surface area (Å²) in [5.41, 5.74) is 2.07. The number of halogens is 1. The third kappa shape index (κ3) is 4.26. The largest absolute Gasteiger partial charge is 0.369 e. The Labute approximate surface area is 132 Å². The fourth-order valence-electron chi connectivity index (χ4n) is 1.72. The number of benzene rings is 1. The fourth-order valence-corrected chi connectivity index (χ4v) is 2.07. The Balaban J connectivity index is 2.07. The molecule has 21 heavy (non-hydrogen) atoms. The SMILES string of the molecule is CCCNc1ccc(C(=O)Nc2cc(C)ccc2Br)nn1. The van der Waals surface area contributed by atoms with Gasteiger partial charge in [0.2, 0.25) is 0 Å². The minimum absolute atomic E-state index is 0.282. The van der Waals surface area contributed by atoms with Crippen LogP contribution in [-0.4, -0.2) is 22.6 Å². The molecule has 5 nitrogen and oxygen atoms in total. The molecule has 0 bridgehead atoms. The van der Waals surface area contributed by atoms with Crippen LogP contribution in [0.1, 0.15) is 29.4 Å². The maximum Gasteiger partial charge on any atom is 0.276 e. The Morgan fingerprint density at radius 1 is 1.24 bits per heavy atom. The highest BCUT2D eigenvalue weighted by Gasteiger charge is 2.10. The van der Waals surface area contributed by atoms with Crippen LogP contribution >= 0.6 is 15.9 Å². The minimum Gasteiger partial charge on any atom is -0.369 e. The molecule has 0 spiro atoms. The smallest absolute Gasteiger partial charge is 0.276 e. The third-order valence-corrected chi connectivity index (χ3v) is 3.51. The van der Waals surface area contributed by atoms with E-state index in [1.54, 1.807) is 12.1 Å². The number of nitrogens with zero attached hydrogens (tertiary/aromatic N) is 2. The lowest BCUT2D eigenvalue weighted by Crippen LogP contribution is -2.15. The van der Waals surface area contributed by atoms with Crippen molar-refractivity contribution >= 4 is 33.3 Å². The summed E-state index contributed by atoms with van der Waals surface area (Å²) >= 11 is 3.41. The number of hydrogen-bond acceptors (Lipinski definition) is 4. The number of aryl methyl sites for hydroxylation is 1. The molecule has 0 saturated carbocycles. The van der Waals surface area contributed by atoms with Gasteiger partial charge in [-0.25, -0.2) is 0 Å². The van der Waals surface area contributed by atoms with E-state index in [1.807, 2.05) is 25.1 Å². The first-order valence-corrected chi connectivity index (χ1v) is 7.54. The summed E-state index contributed by atoms with van der Waals surface area (Å²) in [5.74, 6) is 0.390. The van der Waals surface area contributed by atoms with Gasteiger partial charge in [-0.05, 0) is 59.1 Å². The van der Waals surface area contributed by atoms with Gasteiger partial charge in [-0.2, -0.15) is 0 Å². The highest BCUT2D eigenvalue weighted by Crippen LogP contribution is 2.23. The zero-order valence-electron chi connectivity index (χ0n) is 12.0. The standard InChI is InChI=1S/C15H17BrN4O/c1-3-8-17-14-7-6-12(19-20-14)15(21)18-13-9-10(2)4-5-11(13)16/h4-7,9H,3,8H2,1-2H3,(H,17,20)(H,18,21). The van der Waals surface area contributed by atoms with Gasteiger partial charge in [-0.3, -0.25) is 4.79 Å². The molecule has 1 heterocycles. The summed E-state index contributed by atoms with van der Waals surface area (Å²) in [6.07, 6.45) is 1.01. The van der Waals surface area contributed by atoms with Crippen LogP contribution in [0.2, 0.25) is 0 Å². The molecule has 0 aliphatic carbocycles. The predicted octanol–water partition coefficient (Wildman–Crippen LogP) is 3.62. The highest BCUT2D eigenvalue weighted by molar-refractivity contribution is 9.10. The van der Waals surface area contributed by atoms with Crippen LogP contribution in [0.3, 0.4) is 0 Å². The first kappa shape index (κ1) is 15.4. The van der Waals surface area contributed by atoms with Gasteiger partial charge in [-0.15, -0.1) is 10.2 Å². The molecule has 0 saturated heterocycles. The van der Waals surface area contributed by atoms with Crippen molar-refractivity contribution in [2.75, 3.05) is 17.2 Å². The van der Waals surface area contributed by atoms with Crippen LogP contribution < -0.4 is 10.6 Å². The fraction of sp³-hybridized carbons (Fsp3) is 0.267. The average Bonchev–Trinajstić information content (AvgIpc) is 2.49. The molecule has 1 aromatic carbocycles. The molecule has 0 atom stereocenters. The molecule has 0 aliphatic rings. The van der Waals surface area contributed by atoms with Crippen LogP contribution in [-0.2, 0) is 0 Å². The highest BCUT2D eigenvalue weighted by atomic mass is 79.9. The summed E-state index contributed by atoms with van der Waals surface area (Å²) in [6.45, 7) is 4.87. The van der Waals surface area contributed by atoms with Crippen LogP contribution in [0.5, 0.6) is 0 Å². The number of nitrogens with one attached hydrogen (secondary N) is 2. The molecule has 110 valence electrons. The monoisotopic (exact) mass is 348 g/mol. The summed E-state index contributed by atoms with van der Waals surface area (Å²) < 4.78 is 0.829. The molecule has 0 fully saturated rings. The van der Waals surface area contributed by atoms with Gasteiger partial charge in [0.25, 0.3) is 5.91 Å². The van der Waals surface area contributed by atoms with Crippen molar-refractivity contribution in [3.05, 3.63) is 46.1 Å². The van der Waals surface area contributed by atoms with Crippen molar-refractivity contribution in [1.29, 1.82) is 0 Å². The van der Waals surface area contributed by atoms with E-state index in [0.717, 1.165) is 28.7 Å². The molecular weight excluding hydrogens is 332 g/mol. The molecule has 0 radical (unpaired) electrons. The lowest BCUT2D eigenvalue weighted by Gasteiger charge is -2.08.